The second-order valence-electron chi connectivity index (χ2n) is 3.08. The topological polar surface area (TPSA) is 101 Å². The molecule has 16 heavy (non-hydrogen) atoms. The van der Waals surface area contributed by atoms with Crippen LogP contribution in [0, 0.1) is 10.1 Å². The Morgan fingerprint density at radius 2 is 2.38 bits per heavy atom. The molecular formula is C8H10N3O4S-. The van der Waals surface area contributed by atoms with E-state index in [2.05, 4.69) is 4.98 Å². The number of carbonyl (C=O) groups excluding carboxylic acids is 1. The molecule has 1 aromatic rings. The molecule has 1 unspecified atom stereocenters. The molecule has 0 N–H and O–H groups in total. The first kappa shape index (κ1) is 12.5. The van der Waals surface area contributed by atoms with E-state index >= 15 is 0 Å². The summed E-state index contributed by atoms with van der Waals surface area (Å²) in [4.78, 5) is 24.3. The minimum atomic E-state index is -1.23. The molecule has 1 rings (SSSR count). The number of aromatic nitrogens is 2. The second kappa shape index (κ2) is 4.97. The molecule has 0 aliphatic heterocycles. The van der Waals surface area contributed by atoms with Crippen molar-refractivity contribution in [3.8, 4) is 0 Å². The minimum absolute atomic E-state index is 0.223. The highest BCUT2D eigenvalue weighted by atomic mass is 32.2. The Balaban J connectivity index is 2.99. The fraction of sp³-hybridized carbons (Fsp3) is 0.500. The van der Waals surface area contributed by atoms with Gasteiger partial charge in [0.05, 0.1) is 11.2 Å². The number of hydrogen-bond acceptors (Lipinski definition) is 6. The number of carbonyl (C=O) groups is 1. The molecule has 0 saturated carbocycles. The summed E-state index contributed by atoms with van der Waals surface area (Å²) in [6, 6.07) is 0. The highest BCUT2D eigenvalue weighted by molar-refractivity contribution is 8.00. The average molecular weight is 244 g/mol. The smallest absolute Gasteiger partial charge is 0.395 e. The predicted octanol–water partition coefficient (Wildman–Crippen LogP) is -0.0511. The third-order valence-corrected chi connectivity index (χ3v) is 3.43. The quantitative estimate of drug-likeness (QED) is 0.409. The Kier molecular flexibility index (Phi) is 3.88. The summed E-state index contributed by atoms with van der Waals surface area (Å²) in [5, 5.41) is 20.8. The van der Waals surface area contributed by atoms with Crippen molar-refractivity contribution in [1.82, 2.24) is 9.55 Å². The van der Waals surface area contributed by atoms with Gasteiger partial charge < -0.3 is 24.6 Å². The molecule has 1 aromatic heterocycles. The average Bonchev–Trinajstić information content (AvgIpc) is 2.56. The van der Waals surface area contributed by atoms with Crippen LogP contribution in [0.5, 0.6) is 0 Å². The molecule has 1 heterocycles. The molecule has 0 bridgehead atoms. The zero-order valence-corrected chi connectivity index (χ0v) is 9.56. The Hall–Kier alpha value is -1.57. The molecule has 7 nitrogen and oxygen atoms in total. The SMILES string of the molecule is CCC(Sc1c([N+](=O)[O-])ncn1C)C(=O)[O-]. The summed E-state index contributed by atoms with van der Waals surface area (Å²) in [6.45, 7) is 1.68. The molecule has 0 amide bonds. The molecule has 0 fully saturated rings. The van der Waals surface area contributed by atoms with Crippen molar-refractivity contribution in [2.45, 2.75) is 23.6 Å². The van der Waals surface area contributed by atoms with Gasteiger partial charge in [0.1, 0.15) is 0 Å². The first-order valence-corrected chi connectivity index (χ1v) is 5.38. The molecule has 0 aliphatic carbocycles. The van der Waals surface area contributed by atoms with E-state index in [9.17, 15) is 20.0 Å². The van der Waals surface area contributed by atoms with Crippen molar-refractivity contribution in [3.63, 3.8) is 0 Å². The molecule has 8 heteroatoms. The number of nitro groups is 1. The fourth-order valence-electron chi connectivity index (χ4n) is 1.10. The molecule has 0 aliphatic rings. The largest absolute Gasteiger partial charge is 0.549 e. The first-order valence-electron chi connectivity index (χ1n) is 4.50. The third kappa shape index (κ3) is 2.51. The lowest BCUT2D eigenvalue weighted by Crippen LogP contribution is -2.33. The van der Waals surface area contributed by atoms with Crippen LogP contribution in [-0.2, 0) is 11.8 Å². The van der Waals surface area contributed by atoms with Gasteiger partial charge in [0.2, 0.25) is 6.33 Å². The minimum Gasteiger partial charge on any atom is -0.549 e. The maximum atomic E-state index is 10.7. The summed E-state index contributed by atoms with van der Waals surface area (Å²) >= 11 is 0.882. The number of carboxylic acids is 1. The van der Waals surface area contributed by atoms with Gasteiger partial charge in [-0.2, -0.15) is 0 Å². The summed E-state index contributed by atoms with van der Waals surface area (Å²) in [7, 11) is 1.57. The monoisotopic (exact) mass is 244 g/mol. The van der Waals surface area contributed by atoms with Crippen LogP contribution in [0.2, 0.25) is 0 Å². The van der Waals surface area contributed by atoms with E-state index in [-0.39, 0.29) is 10.8 Å². The molecule has 0 saturated heterocycles. The van der Waals surface area contributed by atoms with Gasteiger partial charge in [-0.1, -0.05) is 18.7 Å². The Labute approximate surface area is 95.6 Å². The van der Waals surface area contributed by atoms with Crippen molar-refractivity contribution in [2.75, 3.05) is 0 Å². The zero-order chi connectivity index (χ0) is 12.3. The molecule has 1 atom stereocenters. The predicted molar refractivity (Wildman–Crippen MR) is 54.8 cm³/mol. The van der Waals surface area contributed by atoms with E-state index in [1.54, 1.807) is 14.0 Å². The van der Waals surface area contributed by atoms with Crippen LogP contribution >= 0.6 is 11.8 Å². The number of aliphatic carboxylic acids is 1. The normalized spacial score (nSPS) is 12.4. The summed E-state index contributed by atoms with van der Waals surface area (Å²) in [5.41, 5.74) is 0. The van der Waals surface area contributed by atoms with Crippen LogP contribution < -0.4 is 5.11 Å². The second-order valence-corrected chi connectivity index (χ2v) is 4.27. The van der Waals surface area contributed by atoms with Crippen molar-refractivity contribution in [2.24, 2.45) is 7.05 Å². The summed E-state index contributed by atoms with van der Waals surface area (Å²) < 4.78 is 1.42. The zero-order valence-electron chi connectivity index (χ0n) is 8.74. The van der Waals surface area contributed by atoms with E-state index in [0.29, 0.717) is 6.42 Å². The lowest BCUT2D eigenvalue weighted by molar-refractivity contribution is -0.392. The maximum absolute atomic E-state index is 10.7. The van der Waals surface area contributed by atoms with Crippen LogP contribution in [0.4, 0.5) is 5.82 Å². The highest BCUT2D eigenvalue weighted by Gasteiger charge is 2.23. The van der Waals surface area contributed by atoms with Crippen molar-refractivity contribution in [1.29, 1.82) is 0 Å². The van der Waals surface area contributed by atoms with E-state index in [1.165, 1.54) is 10.9 Å². The van der Waals surface area contributed by atoms with Crippen LogP contribution in [0.1, 0.15) is 13.3 Å². The third-order valence-electron chi connectivity index (χ3n) is 1.93. The van der Waals surface area contributed by atoms with Gasteiger partial charge in [-0.05, 0) is 16.3 Å². The molecule has 0 radical (unpaired) electrons. The molecule has 88 valence electrons. The number of carboxylic acid groups (broad SMARTS) is 1. The lowest BCUT2D eigenvalue weighted by atomic mass is 10.3. The number of aryl methyl sites for hydroxylation is 1. The highest BCUT2D eigenvalue weighted by Crippen LogP contribution is 2.31. The van der Waals surface area contributed by atoms with E-state index < -0.39 is 16.1 Å². The van der Waals surface area contributed by atoms with Gasteiger partial charge in [-0.25, -0.2) is 0 Å². The molecular weight excluding hydrogens is 234 g/mol. The van der Waals surface area contributed by atoms with Gasteiger partial charge in [0.15, 0.2) is 5.03 Å². The van der Waals surface area contributed by atoms with Gasteiger partial charge in [-0.15, -0.1) is 0 Å². The molecule has 0 aromatic carbocycles. The first-order chi connectivity index (χ1) is 7.47. The number of rotatable bonds is 5. The summed E-state index contributed by atoms with van der Waals surface area (Å²) in [5.74, 6) is -1.56. The van der Waals surface area contributed by atoms with Crippen molar-refractivity contribution >= 4 is 23.5 Å². The Morgan fingerprint density at radius 1 is 1.75 bits per heavy atom. The van der Waals surface area contributed by atoms with E-state index in [4.69, 9.17) is 0 Å². The number of thioether (sulfide) groups is 1. The van der Waals surface area contributed by atoms with Crippen molar-refractivity contribution in [3.05, 3.63) is 16.4 Å². The van der Waals surface area contributed by atoms with E-state index in [0.717, 1.165) is 11.8 Å². The van der Waals surface area contributed by atoms with Gasteiger partial charge in [0.25, 0.3) is 0 Å². The standard InChI is InChI=1S/C8H11N3O4S/c1-3-5(8(12)13)16-7-6(11(14)15)9-4-10(7)2/h4-5H,3H2,1-2H3,(H,12,13)/p-1. The van der Waals surface area contributed by atoms with Gasteiger partial charge in [0, 0.05) is 7.05 Å². The van der Waals surface area contributed by atoms with E-state index in [1.807, 2.05) is 0 Å². The Morgan fingerprint density at radius 3 is 2.81 bits per heavy atom. The summed E-state index contributed by atoms with van der Waals surface area (Å²) in [6.07, 6.45) is 1.61. The van der Waals surface area contributed by atoms with Crippen LogP contribution in [0.25, 0.3) is 0 Å². The van der Waals surface area contributed by atoms with Crippen LogP contribution in [0.3, 0.4) is 0 Å². The lowest BCUT2D eigenvalue weighted by Gasteiger charge is -2.14. The van der Waals surface area contributed by atoms with Gasteiger partial charge in [-0.3, -0.25) is 0 Å². The number of nitrogens with zero attached hydrogens (tertiary/aromatic N) is 3. The Bertz CT molecular complexity index is 417. The van der Waals surface area contributed by atoms with Crippen LogP contribution in [0.15, 0.2) is 11.4 Å². The van der Waals surface area contributed by atoms with Gasteiger partial charge >= 0.3 is 5.82 Å². The van der Waals surface area contributed by atoms with Crippen LogP contribution in [-0.4, -0.2) is 25.7 Å². The number of imidazole rings is 1. The number of hydrogen-bond donors (Lipinski definition) is 0. The fourth-order valence-corrected chi connectivity index (χ4v) is 2.08. The molecule has 0 spiro atoms. The van der Waals surface area contributed by atoms with Crippen molar-refractivity contribution < 1.29 is 14.8 Å². The maximum Gasteiger partial charge on any atom is 0.395 e.